The van der Waals surface area contributed by atoms with Crippen LogP contribution in [0, 0.1) is 137 Å². The summed E-state index contributed by atoms with van der Waals surface area (Å²) in [6.45, 7) is 21.9. The van der Waals surface area contributed by atoms with Gasteiger partial charge in [-0.1, -0.05) is 73.1 Å². The van der Waals surface area contributed by atoms with E-state index in [0.29, 0.717) is 5.92 Å². The van der Waals surface area contributed by atoms with Crippen LogP contribution in [0.1, 0.15) is 80.1 Å². The van der Waals surface area contributed by atoms with E-state index in [1.54, 1.807) is 0 Å². The average Bonchev–Trinajstić information content (AvgIpc) is 3.58. The Morgan fingerprint density at radius 2 is 1.06 bits per heavy atom. The summed E-state index contributed by atoms with van der Waals surface area (Å²) in [5.74, 6) is 53.0. The van der Waals surface area contributed by atoms with E-state index in [9.17, 15) is 9.90 Å². The highest BCUT2D eigenvalue weighted by Gasteiger charge is 2.47. The molecule has 53 heavy (non-hydrogen) atoms. The van der Waals surface area contributed by atoms with Crippen molar-refractivity contribution in [1.82, 2.24) is 5.32 Å². The molecular formula is C46H51NO4Si2. The van der Waals surface area contributed by atoms with Crippen LogP contribution in [-0.4, -0.2) is 52.5 Å². The number of amides is 1. The molecule has 1 aliphatic rings. The lowest BCUT2D eigenvalue weighted by Crippen LogP contribution is -2.60. The van der Waals surface area contributed by atoms with Crippen LogP contribution in [0.3, 0.4) is 0 Å². The second-order valence-corrected chi connectivity index (χ2v) is 24.9. The van der Waals surface area contributed by atoms with Crippen LogP contribution in [0.4, 0.5) is 0 Å². The van der Waals surface area contributed by atoms with Crippen molar-refractivity contribution in [1.29, 1.82) is 0 Å². The Labute approximate surface area is 323 Å². The lowest BCUT2D eigenvalue weighted by atomic mass is 9.94. The minimum absolute atomic E-state index is 0.0126. The van der Waals surface area contributed by atoms with Crippen molar-refractivity contribution in [2.75, 3.05) is 6.61 Å². The second kappa shape index (κ2) is 23.5. The summed E-state index contributed by atoms with van der Waals surface area (Å²) >= 11 is 0. The van der Waals surface area contributed by atoms with Crippen molar-refractivity contribution in [3.8, 4) is 131 Å². The monoisotopic (exact) mass is 737 g/mol. The Kier molecular flexibility index (Phi) is 20.4. The van der Waals surface area contributed by atoms with Gasteiger partial charge in [0.2, 0.25) is 5.91 Å². The van der Waals surface area contributed by atoms with Gasteiger partial charge in [-0.3, -0.25) is 4.79 Å². The van der Waals surface area contributed by atoms with Crippen LogP contribution < -0.4 is 5.32 Å². The van der Waals surface area contributed by atoms with E-state index < -0.39 is 28.8 Å². The number of aliphatic hydroxyl groups is 1. The Morgan fingerprint density at radius 3 is 1.43 bits per heavy atom. The molecular weight excluding hydrogens is 687 g/mol. The Hall–Kier alpha value is -5.06. The maximum Gasteiger partial charge on any atom is 0.232 e. The first-order valence-corrected chi connectivity index (χ1v) is 23.5. The summed E-state index contributed by atoms with van der Waals surface area (Å²) in [4.78, 5) is 13.1. The van der Waals surface area contributed by atoms with E-state index >= 15 is 0 Å². The fraction of sp³-hybridized carbons (Fsp3) is 0.500. The molecule has 1 fully saturated rings. The molecule has 0 aromatic carbocycles. The number of aliphatic hydroxyl groups excluding tert-OH is 1. The minimum atomic E-state index is -2.34. The quantitative estimate of drug-likeness (QED) is 0.206. The van der Waals surface area contributed by atoms with Crippen LogP contribution >= 0.6 is 0 Å². The van der Waals surface area contributed by atoms with E-state index in [1.165, 1.54) is 12.8 Å². The van der Waals surface area contributed by atoms with Crippen molar-refractivity contribution in [2.24, 2.45) is 5.92 Å². The number of hydrogen-bond acceptors (Lipinski definition) is 4. The summed E-state index contributed by atoms with van der Waals surface area (Å²) in [5.41, 5.74) is 0. The average molecular weight is 738 g/mol. The zero-order valence-corrected chi connectivity index (χ0v) is 35.0. The SMILES string of the molecule is C#CC#CC#CC#CC#CC#CC#CC#CC#CC#CC#CCC(=O)N[C@@H](CO)[C@H](O[Si](C)(C)C(C)(C)C)[C@@H](CC1CCCC1)O[Si](C)(C)C(C)(C)C. The smallest absolute Gasteiger partial charge is 0.232 e. The Bertz CT molecular complexity index is 1980. The van der Waals surface area contributed by atoms with Crippen molar-refractivity contribution >= 4 is 22.5 Å². The molecule has 272 valence electrons. The van der Waals surface area contributed by atoms with E-state index in [2.05, 4.69) is 197 Å². The molecule has 0 spiro atoms. The predicted octanol–water partition coefficient (Wildman–Crippen LogP) is 5.88. The zero-order chi connectivity index (χ0) is 39.8. The summed E-state index contributed by atoms with van der Waals surface area (Å²) in [7, 11) is -4.56. The van der Waals surface area contributed by atoms with Gasteiger partial charge in [-0.25, -0.2) is 0 Å². The molecule has 0 aliphatic heterocycles. The highest BCUT2D eigenvalue weighted by molar-refractivity contribution is 6.74. The first kappa shape index (κ1) is 46.0. The normalized spacial score (nSPS) is 13.4. The topological polar surface area (TPSA) is 67.8 Å². The van der Waals surface area contributed by atoms with Gasteiger partial charge in [0.1, 0.15) is 0 Å². The van der Waals surface area contributed by atoms with E-state index in [4.69, 9.17) is 15.3 Å². The molecule has 0 radical (unpaired) electrons. The molecule has 0 saturated heterocycles. The number of carbonyl (C=O) groups excluding carboxylic acids is 1. The summed E-state index contributed by atoms with van der Waals surface area (Å²) in [6, 6.07) is -0.655. The largest absolute Gasteiger partial charge is 0.411 e. The Morgan fingerprint density at radius 1 is 0.679 bits per heavy atom. The highest BCUT2D eigenvalue weighted by atomic mass is 28.4. The molecule has 1 saturated carbocycles. The summed E-state index contributed by atoms with van der Waals surface area (Å²) < 4.78 is 14.2. The molecule has 2 N–H and O–H groups in total. The predicted molar refractivity (Wildman–Crippen MR) is 221 cm³/mol. The van der Waals surface area contributed by atoms with Gasteiger partial charge in [0.25, 0.3) is 0 Å². The number of terminal acetylenes is 1. The number of hydrogen-bond donors (Lipinski definition) is 2. The van der Waals surface area contributed by atoms with Gasteiger partial charge in [-0.15, -0.1) is 6.42 Å². The molecule has 1 aliphatic carbocycles. The fourth-order valence-electron chi connectivity index (χ4n) is 4.54. The third-order valence-corrected chi connectivity index (χ3v) is 18.3. The third-order valence-electron chi connectivity index (χ3n) is 9.37. The van der Waals surface area contributed by atoms with Crippen LogP contribution in [0.5, 0.6) is 0 Å². The van der Waals surface area contributed by atoms with Crippen molar-refractivity contribution in [3.05, 3.63) is 0 Å². The standard InChI is InChI=1S/C46H51NO4Si2/c1-12-13-14-15-16-17-18-19-20-21-22-23-24-25-26-27-28-29-30-31-32-37-43(49)47-41(39-48)44(51-53(10,11)46(5,6)7)42(38-40-35-33-34-36-40)50-52(8,9)45(2,3)4/h1,40-42,44,48H,33-39H2,2-11H3,(H,47,49)/t41-,42+,44-/m0/s1. The molecule has 1 amide bonds. The molecule has 0 aromatic heterocycles. The second-order valence-electron chi connectivity index (χ2n) is 15.4. The van der Waals surface area contributed by atoms with Gasteiger partial charge in [-0.2, -0.15) is 0 Å². The lowest BCUT2D eigenvalue weighted by Gasteiger charge is -2.47. The number of carbonyl (C=O) groups is 1. The van der Waals surface area contributed by atoms with Gasteiger partial charge >= 0.3 is 0 Å². The molecule has 0 unspecified atom stereocenters. The highest BCUT2D eigenvalue weighted by Crippen LogP contribution is 2.42. The molecule has 1 rings (SSSR count). The molecule has 3 atom stereocenters. The Balaban J connectivity index is 3.02. The van der Waals surface area contributed by atoms with Crippen molar-refractivity contribution in [3.63, 3.8) is 0 Å². The lowest BCUT2D eigenvalue weighted by molar-refractivity contribution is -0.122. The van der Waals surface area contributed by atoms with E-state index in [-0.39, 0.29) is 35.1 Å². The molecule has 0 bridgehead atoms. The van der Waals surface area contributed by atoms with E-state index in [0.717, 1.165) is 19.3 Å². The summed E-state index contributed by atoms with van der Waals surface area (Å²) in [6.07, 6.45) is 9.71. The first-order valence-electron chi connectivity index (χ1n) is 17.6. The first-order chi connectivity index (χ1) is 24.9. The molecule has 0 heterocycles. The molecule has 7 heteroatoms. The van der Waals surface area contributed by atoms with Gasteiger partial charge in [-0.05, 0) is 143 Å². The van der Waals surface area contributed by atoms with Crippen LogP contribution in [0.15, 0.2) is 0 Å². The van der Waals surface area contributed by atoms with Crippen LogP contribution in [-0.2, 0) is 13.6 Å². The maximum absolute atomic E-state index is 13.1. The minimum Gasteiger partial charge on any atom is -0.411 e. The van der Waals surface area contributed by atoms with Gasteiger partial charge in [0.15, 0.2) is 16.6 Å². The van der Waals surface area contributed by atoms with Gasteiger partial charge in [0.05, 0.1) is 31.3 Å². The molecule has 0 aromatic rings. The third kappa shape index (κ3) is 18.8. The molecule has 5 nitrogen and oxygen atoms in total. The van der Waals surface area contributed by atoms with Gasteiger partial charge < -0.3 is 19.3 Å². The fourth-order valence-corrected chi connectivity index (χ4v) is 7.23. The van der Waals surface area contributed by atoms with Gasteiger partial charge in [0, 0.05) is 23.7 Å². The van der Waals surface area contributed by atoms with Crippen molar-refractivity contribution < 1.29 is 18.8 Å². The summed E-state index contributed by atoms with van der Waals surface area (Å²) in [5, 5.41) is 13.7. The zero-order valence-electron chi connectivity index (χ0n) is 33.0. The van der Waals surface area contributed by atoms with E-state index in [1.807, 2.05) is 0 Å². The number of nitrogens with one attached hydrogen (secondary N) is 1. The maximum atomic E-state index is 13.1. The van der Waals surface area contributed by atoms with Crippen LogP contribution in [0.25, 0.3) is 0 Å². The van der Waals surface area contributed by atoms with Crippen LogP contribution in [0.2, 0.25) is 36.3 Å². The van der Waals surface area contributed by atoms with Crippen molar-refractivity contribution in [2.45, 2.75) is 135 Å². The number of rotatable bonds is 11.